The van der Waals surface area contributed by atoms with Gasteiger partial charge in [-0.1, -0.05) is 24.3 Å². The second kappa shape index (κ2) is 13.8. The van der Waals surface area contributed by atoms with E-state index >= 15 is 0 Å². The largest absolute Gasteiger partial charge is 0.356 e. The van der Waals surface area contributed by atoms with Crippen LogP contribution >= 0.6 is 35.7 Å². The molecule has 10 heteroatoms. The molecule has 6 nitrogen and oxygen atoms in total. The lowest BCUT2D eigenvalue weighted by Gasteiger charge is -2.12. The van der Waals surface area contributed by atoms with Gasteiger partial charge in [0, 0.05) is 25.0 Å². The Balaban J connectivity index is 0.00000450. The zero-order valence-corrected chi connectivity index (χ0v) is 21.0. The van der Waals surface area contributed by atoms with Gasteiger partial charge < -0.3 is 10.6 Å². The summed E-state index contributed by atoms with van der Waals surface area (Å²) in [7, 11) is -0.136. The molecule has 3 N–H and O–H groups in total. The van der Waals surface area contributed by atoms with Crippen molar-refractivity contribution in [2.75, 3.05) is 26.4 Å². The number of guanidine groups is 1. The van der Waals surface area contributed by atoms with Crippen molar-refractivity contribution in [1.82, 2.24) is 15.4 Å². The zero-order chi connectivity index (χ0) is 21.1. The van der Waals surface area contributed by atoms with Crippen LogP contribution in [0.2, 0.25) is 0 Å². The molecule has 166 valence electrons. The van der Waals surface area contributed by atoms with Crippen LogP contribution in [-0.4, -0.2) is 40.8 Å². The Hall–Kier alpha value is -1.37. The second-order valence-electron chi connectivity index (χ2n) is 6.29. The number of rotatable bonds is 10. The molecule has 0 aliphatic heterocycles. The molecular formula is C20H28FIN4O2S2. The van der Waals surface area contributed by atoms with Gasteiger partial charge >= 0.3 is 0 Å². The fourth-order valence-corrected chi connectivity index (χ4v) is 4.08. The fraction of sp³-hybridized carbons (Fsp3) is 0.350. The molecule has 2 aromatic rings. The highest BCUT2D eigenvalue weighted by Crippen LogP contribution is 2.18. The number of aliphatic imine (C=N–C) groups is 1. The van der Waals surface area contributed by atoms with E-state index in [1.807, 2.05) is 24.3 Å². The molecule has 2 aromatic carbocycles. The summed E-state index contributed by atoms with van der Waals surface area (Å²) in [5.41, 5.74) is 1.77. The molecule has 0 saturated carbocycles. The number of hydrogen-bond acceptors (Lipinski definition) is 4. The highest BCUT2D eigenvalue weighted by atomic mass is 127. The first-order valence-corrected chi connectivity index (χ1v) is 11.9. The summed E-state index contributed by atoms with van der Waals surface area (Å²) >= 11 is 1.69. The molecule has 0 saturated heterocycles. The molecule has 0 radical (unpaired) electrons. The van der Waals surface area contributed by atoms with Crippen LogP contribution in [-0.2, 0) is 22.3 Å². The third kappa shape index (κ3) is 10.1. The summed E-state index contributed by atoms with van der Waals surface area (Å²) < 4.78 is 38.4. The van der Waals surface area contributed by atoms with Crippen molar-refractivity contribution in [3.8, 4) is 0 Å². The first-order valence-electron chi connectivity index (χ1n) is 9.24. The molecule has 0 amide bonds. The van der Waals surface area contributed by atoms with Crippen molar-refractivity contribution in [1.29, 1.82) is 0 Å². The fourth-order valence-electron chi connectivity index (χ4n) is 2.45. The van der Waals surface area contributed by atoms with E-state index in [0.717, 1.165) is 34.7 Å². The number of thioether (sulfide) groups is 1. The van der Waals surface area contributed by atoms with Gasteiger partial charge in [-0.2, -0.15) is 0 Å². The summed E-state index contributed by atoms with van der Waals surface area (Å²) in [6, 6.07) is 13.9. The van der Waals surface area contributed by atoms with E-state index in [1.165, 1.54) is 19.2 Å². The van der Waals surface area contributed by atoms with Crippen LogP contribution in [0.25, 0.3) is 0 Å². The summed E-state index contributed by atoms with van der Waals surface area (Å²) in [5.74, 6) is 1.38. The van der Waals surface area contributed by atoms with Crippen molar-refractivity contribution < 1.29 is 12.8 Å². The van der Waals surface area contributed by atoms with Gasteiger partial charge in [-0.25, -0.2) is 17.5 Å². The molecule has 0 aliphatic carbocycles. The molecule has 30 heavy (non-hydrogen) atoms. The number of sulfonamides is 1. The van der Waals surface area contributed by atoms with Crippen molar-refractivity contribution in [3.63, 3.8) is 0 Å². The third-order valence-corrected chi connectivity index (χ3v) is 6.50. The summed E-state index contributed by atoms with van der Waals surface area (Å²) in [6.07, 6.45) is 0.942. The van der Waals surface area contributed by atoms with Gasteiger partial charge in [-0.05, 0) is 54.6 Å². The van der Waals surface area contributed by atoms with Crippen molar-refractivity contribution >= 4 is 51.7 Å². The van der Waals surface area contributed by atoms with Crippen LogP contribution < -0.4 is 15.4 Å². The zero-order valence-electron chi connectivity index (χ0n) is 17.0. The Morgan fingerprint density at radius 1 is 1.03 bits per heavy atom. The maximum atomic E-state index is 12.9. The Kier molecular flexibility index (Phi) is 12.3. The molecule has 0 fully saturated rings. The molecule has 0 heterocycles. The van der Waals surface area contributed by atoms with Crippen molar-refractivity contribution in [3.05, 3.63) is 65.5 Å². The SMILES string of the molecule is CN=C(NCCCSc1ccc(F)cc1)NCc1ccc(CS(=O)(=O)NC)cc1.I. The van der Waals surface area contributed by atoms with E-state index in [0.29, 0.717) is 12.5 Å². The van der Waals surface area contributed by atoms with E-state index in [9.17, 15) is 12.8 Å². The Morgan fingerprint density at radius 3 is 2.27 bits per heavy atom. The Bertz CT molecular complexity index is 892. The average molecular weight is 567 g/mol. The van der Waals surface area contributed by atoms with E-state index in [4.69, 9.17) is 0 Å². The molecule has 0 bridgehead atoms. The molecular weight excluding hydrogens is 538 g/mol. The minimum absolute atomic E-state index is 0. The predicted octanol–water partition coefficient (Wildman–Crippen LogP) is 3.34. The molecule has 0 aliphatic rings. The van der Waals surface area contributed by atoms with Crippen LogP contribution in [0, 0.1) is 5.82 Å². The van der Waals surface area contributed by atoms with Crippen molar-refractivity contribution in [2.24, 2.45) is 4.99 Å². The van der Waals surface area contributed by atoms with Crippen LogP contribution in [0.4, 0.5) is 4.39 Å². The molecule has 0 unspecified atom stereocenters. The quantitative estimate of drug-likeness (QED) is 0.135. The topological polar surface area (TPSA) is 82.6 Å². The van der Waals surface area contributed by atoms with E-state index in [1.54, 1.807) is 30.9 Å². The van der Waals surface area contributed by atoms with E-state index in [-0.39, 0.29) is 35.5 Å². The maximum Gasteiger partial charge on any atom is 0.215 e. The normalized spacial score (nSPS) is 11.6. The molecule has 0 atom stereocenters. The first-order chi connectivity index (χ1) is 13.9. The number of hydrogen-bond donors (Lipinski definition) is 3. The number of benzene rings is 2. The highest BCUT2D eigenvalue weighted by Gasteiger charge is 2.08. The molecule has 0 spiro atoms. The van der Waals surface area contributed by atoms with Gasteiger partial charge in [-0.15, -0.1) is 35.7 Å². The van der Waals surface area contributed by atoms with Crippen molar-refractivity contribution in [2.45, 2.75) is 23.6 Å². The van der Waals surface area contributed by atoms with Gasteiger partial charge in [0.05, 0.1) is 5.75 Å². The van der Waals surface area contributed by atoms with Gasteiger partial charge in [0.15, 0.2) is 5.96 Å². The minimum atomic E-state index is -3.26. The maximum absolute atomic E-state index is 12.9. The number of nitrogens with zero attached hydrogens (tertiary/aromatic N) is 1. The molecule has 0 aromatic heterocycles. The lowest BCUT2D eigenvalue weighted by Crippen LogP contribution is -2.37. The van der Waals surface area contributed by atoms with E-state index in [2.05, 4.69) is 20.3 Å². The second-order valence-corrected chi connectivity index (χ2v) is 9.38. The van der Waals surface area contributed by atoms with E-state index < -0.39 is 10.0 Å². The summed E-state index contributed by atoms with van der Waals surface area (Å²) in [5, 5.41) is 6.50. The Labute approximate surface area is 199 Å². The van der Waals surface area contributed by atoms with Gasteiger partial charge in [0.25, 0.3) is 0 Å². The van der Waals surface area contributed by atoms with Crippen LogP contribution in [0.5, 0.6) is 0 Å². The van der Waals surface area contributed by atoms with Gasteiger partial charge in [-0.3, -0.25) is 4.99 Å². The summed E-state index contributed by atoms with van der Waals surface area (Å²) in [6.45, 7) is 1.36. The minimum Gasteiger partial charge on any atom is -0.356 e. The number of nitrogens with one attached hydrogen (secondary N) is 3. The first kappa shape index (κ1) is 26.7. The third-order valence-electron chi connectivity index (χ3n) is 4.07. The smallest absolute Gasteiger partial charge is 0.215 e. The standard InChI is InChI=1S/C20H27FN4O2S2.HI/c1-22-20(24-12-3-13-28-19-10-8-18(21)9-11-19)25-14-16-4-6-17(7-5-16)15-29(26,27)23-2;/h4-11,23H,3,12-15H2,1-2H3,(H2,22,24,25);1H. The van der Waals surface area contributed by atoms with Crippen LogP contribution in [0.15, 0.2) is 58.4 Å². The average Bonchev–Trinajstić information content (AvgIpc) is 2.72. The Morgan fingerprint density at radius 2 is 1.67 bits per heavy atom. The number of halogens is 2. The van der Waals surface area contributed by atoms with Gasteiger partial charge in [0.1, 0.15) is 5.82 Å². The molecule has 2 rings (SSSR count). The highest BCUT2D eigenvalue weighted by molar-refractivity contribution is 14.0. The summed E-state index contributed by atoms with van der Waals surface area (Å²) in [4.78, 5) is 5.26. The monoisotopic (exact) mass is 566 g/mol. The van der Waals surface area contributed by atoms with Crippen LogP contribution in [0.1, 0.15) is 17.5 Å². The lowest BCUT2D eigenvalue weighted by atomic mass is 10.1. The lowest BCUT2D eigenvalue weighted by molar-refractivity contribution is 0.587. The van der Waals surface area contributed by atoms with Gasteiger partial charge in [0.2, 0.25) is 10.0 Å². The van der Waals surface area contributed by atoms with Crippen LogP contribution in [0.3, 0.4) is 0 Å². The predicted molar refractivity (Wildman–Crippen MR) is 133 cm³/mol.